The van der Waals surface area contributed by atoms with Gasteiger partial charge in [0.15, 0.2) is 0 Å². The zero-order valence-corrected chi connectivity index (χ0v) is 11.4. The molecule has 0 saturated heterocycles. The lowest BCUT2D eigenvalue weighted by Crippen LogP contribution is -2.44. The van der Waals surface area contributed by atoms with E-state index in [1.54, 1.807) is 7.11 Å². The first-order valence-electron chi connectivity index (χ1n) is 5.66. The van der Waals surface area contributed by atoms with Gasteiger partial charge in [0.25, 0.3) is 0 Å². The molecule has 0 rings (SSSR count). The molecule has 3 N–H and O–H groups in total. The van der Waals surface area contributed by atoms with Crippen molar-refractivity contribution in [1.29, 1.82) is 0 Å². The van der Waals surface area contributed by atoms with Gasteiger partial charge in [0, 0.05) is 26.1 Å². The standard InChI is InChI=1S/C12H26N2O2/c1-11(2,3)9(13)7-10(15)14-8-12(4,5)16-6/h9H,7-8,13H2,1-6H3,(H,14,15). The lowest BCUT2D eigenvalue weighted by Gasteiger charge is -2.27. The van der Waals surface area contributed by atoms with Gasteiger partial charge < -0.3 is 15.8 Å². The second-order valence-electron chi connectivity index (χ2n) is 5.92. The summed E-state index contributed by atoms with van der Waals surface area (Å²) in [6.45, 7) is 10.4. The summed E-state index contributed by atoms with van der Waals surface area (Å²) in [6, 6.07) is -0.127. The van der Waals surface area contributed by atoms with E-state index in [0.717, 1.165) is 0 Å². The fraction of sp³-hybridized carbons (Fsp3) is 0.917. The summed E-state index contributed by atoms with van der Waals surface area (Å²) < 4.78 is 5.21. The summed E-state index contributed by atoms with van der Waals surface area (Å²) in [7, 11) is 1.63. The molecule has 1 atom stereocenters. The van der Waals surface area contributed by atoms with Crippen molar-refractivity contribution in [3.63, 3.8) is 0 Å². The van der Waals surface area contributed by atoms with Crippen molar-refractivity contribution in [2.75, 3.05) is 13.7 Å². The van der Waals surface area contributed by atoms with Gasteiger partial charge in [-0.05, 0) is 19.3 Å². The third-order valence-corrected chi connectivity index (χ3v) is 2.78. The molecule has 0 aliphatic heterocycles. The Morgan fingerprint density at radius 2 is 1.81 bits per heavy atom. The van der Waals surface area contributed by atoms with Crippen molar-refractivity contribution in [2.24, 2.45) is 11.1 Å². The van der Waals surface area contributed by atoms with E-state index in [0.29, 0.717) is 13.0 Å². The minimum Gasteiger partial charge on any atom is -0.377 e. The molecule has 1 amide bonds. The van der Waals surface area contributed by atoms with E-state index < -0.39 is 0 Å². The Hall–Kier alpha value is -0.610. The number of nitrogens with two attached hydrogens (primary N) is 1. The highest BCUT2D eigenvalue weighted by Gasteiger charge is 2.24. The number of methoxy groups -OCH3 is 1. The zero-order chi connectivity index (χ0) is 13.0. The molecular weight excluding hydrogens is 204 g/mol. The summed E-state index contributed by atoms with van der Waals surface area (Å²) in [4.78, 5) is 11.6. The van der Waals surface area contributed by atoms with Crippen LogP contribution in [0.5, 0.6) is 0 Å². The molecule has 0 aromatic carbocycles. The summed E-state index contributed by atoms with van der Waals surface area (Å²) in [5.74, 6) is -0.0208. The summed E-state index contributed by atoms with van der Waals surface area (Å²) in [5, 5.41) is 2.83. The predicted molar refractivity (Wildman–Crippen MR) is 66.1 cm³/mol. The van der Waals surface area contributed by atoms with Crippen molar-refractivity contribution in [2.45, 2.75) is 52.7 Å². The second kappa shape index (κ2) is 5.64. The van der Waals surface area contributed by atoms with Crippen LogP contribution in [0, 0.1) is 5.41 Å². The van der Waals surface area contributed by atoms with Crippen LogP contribution in [0.15, 0.2) is 0 Å². The molecular formula is C12H26N2O2. The number of hydrogen-bond donors (Lipinski definition) is 2. The first kappa shape index (κ1) is 15.4. The van der Waals surface area contributed by atoms with Crippen LogP contribution >= 0.6 is 0 Å². The number of rotatable bonds is 5. The van der Waals surface area contributed by atoms with Crippen molar-refractivity contribution in [3.8, 4) is 0 Å². The maximum atomic E-state index is 11.6. The minimum absolute atomic E-state index is 0.0208. The number of carbonyl (C=O) groups excluding carboxylic acids is 1. The highest BCUT2D eigenvalue weighted by molar-refractivity contribution is 5.76. The fourth-order valence-corrected chi connectivity index (χ4v) is 0.962. The molecule has 0 bridgehead atoms. The average molecular weight is 230 g/mol. The second-order valence-corrected chi connectivity index (χ2v) is 5.92. The average Bonchev–Trinajstić information content (AvgIpc) is 2.13. The summed E-state index contributed by atoms with van der Waals surface area (Å²) in [5.41, 5.74) is 5.55. The maximum absolute atomic E-state index is 11.6. The molecule has 0 saturated carbocycles. The molecule has 0 spiro atoms. The Morgan fingerprint density at radius 1 is 1.31 bits per heavy atom. The number of amides is 1. The molecule has 4 nitrogen and oxygen atoms in total. The van der Waals surface area contributed by atoms with E-state index in [2.05, 4.69) is 5.32 Å². The van der Waals surface area contributed by atoms with E-state index in [1.165, 1.54) is 0 Å². The molecule has 4 heteroatoms. The third kappa shape index (κ3) is 6.08. The van der Waals surface area contributed by atoms with Crippen LogP contribution in [0.1, 0.15) is 41.0 Å². The lowest BCUT2D eigenvalue weighted by molar-refractivity contribution is -0.123. The van der Waals surface area contributed by atoms with Gasteiger partial charge in [-0.2, -0.15) is 0 Å². The van der Waals surface area contributed by atoms with Gasteiger partial charge in [0.2, 0.25) is 5.91 Å². The molecule has 96 valence electrons. The predicted octanol–water partition coefficient (Wildman–Crippen LogP) is 1.29. The van der Waals surface area contributed by atoms with Crippen molar-refractivity contribution >= 4 is 5.91 Å². The van der Waals surface area contributed by atoms with Gasteiger partial charge in [-0.1, -0.05) is 20.8 Å². The Balaban J connectivity index is 4.02. The van der Waals surface area contributed by atoms with E-state index in [4.69, 9.17) is 10.5 Å². The van der Waals surface area contributed by atoms with E-state index in [9.17, 15) is 4.79 Å². The van der Waals surface area contributed by atoms with Crippen molar-refractivity contribution in [3.05, 3.63) is 0 Å². The SMILES string of the molecule is COC(C)(C)CNC(=O)CC(N)C(C)(C)C. The molecule has 16 heavy (non-hydrogen) atoms. The van der Waals surface area contributed by atoms with E-state index >= 15 is 0 Å². The molecule has 0 aliphatic rings. The minimum atomic E-state index is -0.332. The number of carbonyl (C=O) groups is 1. The van der Waals surface area contributed by atoms with Gasteiger partial charge in [-0.25, -0.2) is 0 Å². The Bertz CT molecular complexity index is 232. The molecule has 0 aromatic rings. The normalized spacial score (nSPS) is 14.7. The Morgan fingerprint density at radius 3 is 2.19 bits per heavy atom. The zero-order valence-electron chi connectivity index (χ0n) is 11.4. The van der Waals surface area contributed by atoms with Gasteiger partial charge in [-0.15, -0.1) is 0 Å². The Labute approximate surface area is 98.9 Å². The largest absolute Gasteiger partial charge is 0.377 e. The third-order valence-electron chi connectivity index (χ3n) is 2.78. The molecule has 0 radical (unpaired) electrons. The van der Waals surface area contributed by atoms with Crippen molar-refractivity contribution in [1.82, 2.24) is 5.32 Å². The first-order chi connectivity index (χ1) is 7.08. The van der Waals surface area contributed by atoms with Gasteiger partial charge in [0.05, 0.1) is 5.60 Å². The molecule has 0 aromatic heterocycles. The molecule has 1 unspecified atom stereocenters. The summed E-state index contributed by atoms with van der Waals surface area (Å²) >= 11 is 0. The molecule has 0 aliphatic carbocycles. The van der Waals surface area contributed by atoms with Crippen LogP contribution in [-0.2, 0) is 9.53 Å². The molecule has 0 heterocycles. The first-order valence-corrected chi connectivity index (χ1v) is 5.66. The Kier molecular flexibility index (Phi) is 5.42. The quantitative estimate of drug-likeness (QED) is 0.748. The number of nitrogens with one attached hydrogen (secondary N) is 1. The highest BCUT2D eigenvalue weighted by Crippen LogP contribution is 2.19. The lowest BCUT2D eigenvalue weighted by atomic mass is 9.85. The van der Waals surface area contributed by atoms with Crippen LogP contribution < -0.4 is 11.1 Å². The fourth-order valence-electron chi connectivity index (χ4n) is 0.962. The van der Waals surface area contributed by atoms with E-state index in [-0.39, 0.29) is 23.0 Å². The van der Waals surface area contributed by atoms with Gasteiger partial charge in [-0.3, -0.25) is 4.79 Å². The summed E-state index contributed by atoms with van der Waals surface area (Å²) in [6.07, 6.45) is 0.350. The monoisotopic (exact) mass is 230 g/mol. The molecule has 0 fully saturated rings. The maximum Gasteiger partial charge on any atom is 0.221 e. The van der Waals surface area contributed by atoms with Crippen LogP contribution in [-0.4, -0.2) is 31.2 Å². The highest BCUT2D eigenvalue weighted by atomic mass is 16.5. The van der Waals surface area contributed by atoms with Crippen LogP contribution in [0.25, 0.3) is 0 Å². The van der Waals surface area contributed by atoms with Gasteiger partial charge >= 0.3 is 0 Å². The van der Waals surface area contributed by atoms with Crippen LogP contribution in [0.3, 0.4) is 0 Å². The smallest absolute Gasteiger partial charge is 0.221 e. The number of hydrogen-bond acceptors (Lipinski definition) is 3. The van der Waals surface area contributed by atoms with Crippen LogP contribution in [0.4, 0.5) is 0 Å². The topological polar surface area (TPSA) is 64.3 Å². The number of ether oxygens (including phenoxy) is 1. The van der Waals surface area contributed by atoms with Crippen molar-refractivity contribution < 1.29 is 9.53 Å². The van der Waals surface area contributed by atoms with E-state index in [1.807, 2.05) is 34.6 Å². The van der Waals surface area contributed by atoms with Crippen LogP contribution in [0.2, 0.25) is 0 Å². The van der Waals surface area contributed by atoms with Gasteiger partial charge in [0.1, 0.15) is 0 Å².